The standard InChI is InChI=1S/C33H33ClN4O8S/c1-21(22-8-7-11-25(17-22)35-33(40)23-9-6-10-24(34)16-23)36-37-32(39)20-38(28-18-26(43-2)12-14-29(28)44-3)47(41,42)27-13-15-30(45-4)31(19-27)46-5/h6-19H,20H2,1-5H3,(H,35,40)(H,37,39)/b36-21-. The predicted molar refractivity (Wildman–Crippen MR) is 180 cm³/mol. The van der Waals surface area contributed by atoms with Crippen LogP contribution in [-0.2, 0) is 14.8 Å². The lowest BCUT2D eigenvalue weighted by Crippen LogP contribution is -2.40. The number of ether oxygens (including phenoxy) is 4. The van der Waals surface area contributed by atoms with Gasteiger partial charge in [0.15, 0.2) is 11.5 Å². The Morgan fingerprint density at radius 1 is 0.787 bits per heavy atom. The Morgan fingerprint density at radius 3 is 2.15 bits per heavy atom. The second kappa shape index (κ2) is 15.3. The molecule has 4 aromatic carbocycles. The van der Waals surface area contributed by atoms with Crippen molar-refractivity contribution in [3.8, 4) is 23.0 Å². The number of sulfonamides is 1. The molecule has 4 aromatic rings. The lowest BCUT2D eigenvalue weighted by molar-refractivity contribution is -0.119. The van der Waals surface area contributed by atoms with E-state index >= 15 is 0 Å². The quantitative estimate of drug-likeness (QED) is 0.142. The topological polar surface area (TPSA) is 145 Å². The van der Waals surface area contributed by atoms with Gasteiger partial charge in [0, 0.05) is 28.4 Å². The number of methoxy groups -OCH3 is 4. The number of hydrazone groups is 1. The summed E-state index contributed by atoms with van der Waals surface area (Å²) in [6, 6.07) is 22.1. The summed E-state index contributed by atoms with van der Waals surface area (Å²) >= 11 is 6.01. The van der Waals surface area contributed by atoms with E-state index in [0.717, 1.165) is 4.31 Å². The van der Waals surface area contributed by atoms with Gasteiger partial charge < -0.3 is 24.3 Å². The molecule has 0 heterocycles. The SMILES string of the molecule is COc1ccc(OC)c(N(CC(=O)N/N=C(/C)c2cccc(NC(=O)c3cccc(Cl)c3)c2)S(=O)(=O)c2ccc(OC)c(OC)c2)c1. The highest BCUT2D eigenvalue weighted by atomic mass is 35.5. The molecule has 0 atom stereocenters. The molecule has 14 heteroatoms. The molecule has 0 aliphatic carbocycles. The van der Waals surface area contributed by atoms with Gasteiger partial charge in [-0.05, 0) is 67.1 Å². The van der Waals surface area contributed by atoms with Gasteiger partial charge in [0.05, 0.1) is 44.7 Å². The fourth-order valence-electron chi connectivity index (χ4n) is 4.43. The Balaban J connectivity index is 1.61. The Bertz CT molecular complexity index is 1920. The van der Waals surface area contributed by atoms with Gasteiger partial charge in [-0.3, -0.25) is 13.9 Å². The number of anilines is 2. The summed E-state index contributed by atoms with van der Waals surface area (Å²) in [5, 5.41) is 7.43. The van der Waals surface area contributed by atoms with Gasteiger partial charge in [-0.15, -0.1) is 0 Å². The lowest BCUT2D eigenvalue weighted by atomic mass is 10.1. The zero-order valence-corrected chi connectivity index (χ0v) is 27.8. The number of carbonyl (C=O) groups excluding carboxylic acids is 2. The lowest BCUT2D eigenvalue weighted by Gasteiger charge is -2.26. The van der Waals surface area contributed by atoms with E-state index in [2.05, 4.69) is 15.8 Å². The van der Waals surface area contributed by atoms with E-state index < -0.39 is 22.5 Å². The smallest absolute Gasteiger partial charge is 0.265 e. The molecule has 2 amide bonds. The van der Waals surface area contributed by atoms with E-state index in [1.54, 1.807) is 61.5 Å². The maximum absolute atomic E-state index is 14.1. The van der Waals surface area contributed by atoms with E-state index in [1.165, 1.54) is 58.8 Å². The average Bonchev–Trinajstić information content (AvgIpc) is 3.08. The molecule has 4 rings (SSSR count). The Hall–Kier alpha value is -5.27. The monoisotopic (exact) mass is 680 g/mol. The second-order valence-electron chi connectivity index (χ2n) is 9.84. The average molecular weight is 681 g/mol. The molecule has 12 nitrogen and oxygen atoms in total. The highest BCUT2D eigenvalue weighted by molar-refractivity contribution is 7.92. The first-order valence-electron chi connectivity index (χ1n) is 14.0. The van der Waals surface area contributed by atoms with Crippen LogP contribution in [0.25, 0.3) is 0 Å². The van der Waals surface area contributed by atoms with E-state index in [0.29, 0.717) is 39.0 Å². The van der Waals surface area contributed by atoms with Crippen molar-refractivity contribution in [2.45, 2.75) is 11.8 Å². The van der Waals surface area contributed by atoms with E-state index in [-0.39, 0.29) is 28.0 Å². The van der Waals surface area contributed by atoms with Gasteiger partial charge in [0.25, 0.3) is 21.8 Å². The first-order chi connectivity index (χ1) is 22.5. The molecule has 0 saturated carbocycles. The molecule has 2 N–H and O–H groups in total. The number of nitrogens with one attached hydrogen (secondary N) is 2. The molecule has 0 aliphatic heterocycles. The van der Waals surface area contributed by atoms with Crippen molar-refractivity contribution < 1.29 is 37.0 Å². The minimum Gasteiger partial charge on any atom is -0.497 e. The third kappa shape index (κ3) is 8.31. The molecule has 0 spiro atoms. The van der Waals surface area contributed by atoms with E-state index in [9.17, 15) is 18.0 Å². The van der Waals surface area contributed by atoms with Crippen molar-refractivity contribution >= 4 is 50.5 Å². The van der Waals surface area contributed by atoms with E-state index in [4.69, 9.17) is 30.5 Å². The van der Waals surface area contributed by atoms with Crippen molar-refractivity contribution in [3.05, 3.63) is 101 Å². The molecule has 0 unspecified atom stereocenters. The Kier molecular flexibility index (Phi) is 11.3. The molecule has 0 fully saturated rings. The van der Waals surface area contributed by atoms with Crippen LogP contribution in [0.2, 0.25) is 5.02 Å². The molecule has 47 heavy (non-hydrogen) atoms. The molecule has 246 valence electrons. The minimum absolute atomic E-state index is 0.0561. The Labute approximate surface area is 277 Å². The summed E-state index contributed by atoms with van der Waals surface area (Å²) in [6.45, 7) is 0.980. The number of hydrogen-bond acceptors (Lipinski definition) is 9. The van der Waals surface area contributed by atoms with Crippen molar-refractivity contribution in [2.75, 3.05) is 44.6 Å². The Morgan fingerprint density at radius 2 is 1.47 bits per heavy atom. The zero-order valence-electron chi connectivity index (χ0n) is 26.2. The van der Waals surface area contributed by atoms with Crippen LogP contribution in [0.4, 0.5) is 11.4 Å². The molecule has 0 aromatic heterocycles. The van der Waals surface area contributed by atoms with Gasteiger partial charge in [-0.1, -0.05) is 29.8 Å². The normalized spacial score (nSPS) is 11.3. The fraction of sp³-hybridized carbons (Fsp3) is 0.182. The summed E-state index contributed by atoms with van der Waals surface area (Å²) < 4.78 is 50.4. The maximum atomic E-state index is 14.1. The van der Waals surface area contributed by atoms with Gasteiger partial charge >= 0.3 is 0 Å². The van der Waals surface area contributed by atoms with Crippen molar-refractivity contribution in [3.63, 3.8) is 0 Å². The van der Waals surface area contributed by atoms with Crippen molar-refractivity contribution in [1.29, 1.82) is 0 Å². The van der Waals surface area contributed by atoms with Gasteiger partial charge in [0.1, 0.15) is 18.0 Å². The largest absolute Gasteiger partial charge is 0.497 e. The summed E-state index contributed by atoms with van der Waals surface area (Å²) in [5.41, 5.74) is 4.35. The second-order valence-corrected chi connectivity index (χ2v) is 12.1. The summed E-state index contributed by atoms with van der Waals surface area (Å²) in [4.78, 5) is 25.8. The predicted octanol–water partition coefficient (Wildman–Crippen LogP) is 5.36. The van der Waals surface area contributed by atoms with Crippen LogP contribution in [0.3, 0.4) is 0 Å². The number of nitrogens with zero attached hydrogens (tertiary/aromatic N) is 2. The molecule has 0 aliphatic rings. The number of hydrogen-bond donors (Lipinski definition) is 2. The number of rotatable bonds is 13. The first kappa shape index (κ1) is 34.6. The van der Waals surface area contributed by atoms with Crippen LogP contribution in [-0.4, -0.2) is 60.9 Å². The van der Waals surface area contributed by atoms with Crippen LogP contribution in [0.15, 0.2) is 94.9 Å². The summed E-state index contributed by atoms with van der Waals surface area (Å²) in [6.07, 6.45) is 0. The molecule has 0 bridgehead atoms. The minimum atomic E-state index is -4.39. The van der Waals surface area contributed by atoms with Gasteiger partial charge in [-0.25, -0.2) is 13.8 Å². The number of benzene rings is 4. The number of halogens is 1. The summed E-state index contributed by atoms with van der Waals surface area (Å²) in [7, 11) is 1.23. The van der Waals surface area contributed by atoms with Crippen molar-refractivity contribution in [2.24, 2.45) is 5.10 Å². The molecular weight excluding hydrogens is 648 g/mol. The molecule has 0 saturated heterocycles. The maximum Gasteiger partial charge on any atom is 0.265 e. The fourth-order valence-corrected chi connectivity index (χ4v) is 6.06. The third-order valence-corrected chi connectivity index (χ3v) is 8.85. The number of carbonyl (C=O) groups is 2. The van der Waals surface area contributed by atoms with Crippen LogP contribution >= 0.6 is 11.6 Å². The zero-order chi connectivity index (χ0) is 34.1. The summed E-state index contributed by atoms with van der Waals surface area (Å²) in [5.74, 6) is -0.0710. The highest BCUT2D eigenvalue weighted by Gasteiger charge is 2.31. The van der Waals surface area contributed by atoms with Crippen molar-refractivity contribution in [1.82, 2.24) is 5.43 Å². The number of amides is 2. The van der Waals surface area contributed by atoms with Crippen LogP contribution < -0.4 is 34.0 Å². The molecular formula is C33H33ClN4O8S. The van der Waals surface area contributed by atoms with Crippen LogP contribution in [0.1, 0.15) is 22.8 Å². The molecule has 0 radical (unpaired) electrons. The highest BCUT2D eigenvalue weighted by Crippen LogP contribution is 2.37. The van der Waals surface area contributed by atoms with Crippen LogP contribution in [0.5, 0.6) is 23.0 Å². The van der Waals surface area contributed by atoms with Crippen LogP contribution in [0, 0.1) is 0 Å². The first-order valence-corrected chi connectivity index (χ1v) is 15.8. The van der Waals surface area contributed by atoms with Gasteiger partial charge in [0.2, 0.25) is 0 Å². The van der Waals surface area contributed by atoms with Gasteiger partial charge in [-0.2, -0.15) is 5.10 Å². The van der Waals surface area contributed by atoms with E-state index in [1.807, 2.05) is 0 Å². The third-order valence-electron chi connectivity index (χ3n) is 6.86.